The molecule has 2 N–H and O–H groups in total. The van der Waals surface area contributed by atoms with Gasteiger partial charge in [0.1, 0.15) is 5.52 Å². The molecule has 1 fully saturated rings. The molecule has 0 bridgehead atoms. The number of nitrogens with zero attached hydrogens (tertiary/aromatic N) is 4. The summed E-state index contributed by atoms with van der Waals surface area (Å²) < 4.78 is 46.0. The van der Waals surface area contributed by atoms with E-state index in [1.54, 1.807) is 19.2 Å². The van der Waals surface area contributed by atoms with Gasteiger partial charge in [-0.25, -0.2) is 4.98 Å². The standard InChI is InChI=1S/C20H20F3N5O3/c1-11-5-14-15(24-7-11)16(17(29)26-10-19(30)3-4-19)27-28(14)9-12-6-13(20(21,22)23)8-25-18(12)31-2/h5-8,30H,3-4,9-10H2,1-2H3,(H,26,29). The Morgan fingerprint density at radius 1 is 1.29 bits per heavy atom. The Kier molecular flexibility index (Phi) is 5.08. The summed E-state index contributed by atoms with van der Waals surface area (Å²) >= 11 is 0. The Balaban J connectivity index is 1.72. The molecule has 0 atom stereocenters. The Labute approximate surface area is 175 Å². The fraction of sp³-hybridized carbons (Fsp3) is 0.400. The van der Waals surface area contributed by atoms with Crippen LogP contribution < -0.4 is 10.1 Å². The van der Waals surface area contributed by atoms with Crippen molar-refractivity contribution in [3.63, 3.8) is 0 Å². The third-order valence-corrected chi connectivity index (χ3v) is 5.11. The number of amides is 1. The number of hydrogen-bond donors (Lipinski definition) is 2. The molecule has 8 nitrogen and oxygen atoms in total. The van der Waals surface area contributed by atoms with Crippen molar-refractivity contribution in [2.45, 2.75) is 38.1 Å². The van der Waals surface area contributed by atoms with E-state index in [1.165, 1.54) is 11.8 Å². The van der Waals surface area contributed by atoms with Crippen molar-refractivity contribution < 1.29 is 27.8 Å². The van der Waals surface area contributed by atoms with Crippen LogP contribution >= 0.6 is 0 Å². The summed E-state index contributed by atoms with van der Waals surface area (Å²) in [7, 11) is 1.31. The van der Waals surface area contributed by atoms with Crippen LogP contribution in [-0.4, -0.2) is 50.0 Å². The summed E-state index contributed by atoms with van der Waals surface area (Å²) in [5.41, 5.74) is -0.0262. The second-order valence-corrected chi connectivity index (χ2v) is 7.68. The molecule has 0 aromatic carbocycles. The van der Waals surface area contributed by atoms with Gasteiger partial charge in [0.25, 0.3) is 5.91 Å². The van der Waals surface area contributed by atoms with E-state index in [4.69, 9.17) is 4.74 Å². The molecule has 0 spiro atoms. The van der Waals surface area contributed by atoms with Gasteiger partial charge in [-0.2, -0.15) is 18.3 Å². The van der Waals surface area contributed by atoms with Crippen LogP contribution in [0.15, 0.2) is 24.5 Å². The maximum absolute atomic E-state index is 13.2. The number of halogens is 3. The minimum atomic E-state index is -4.56. The monoisotopic (exact) mass is 435 g/mol. The number of aromatic nitrogens is 4. The van der Waals surface area contributed by atoms with Gasteiger partial charge in [-0.3, -0.25) is 14.5 Å². The molecule has 3 heterocycles. The van der Waals surface area contributed by atoms with Crippen molar-refractivity contribution >= 4 is 16.9 Å². The molecule has 0 unspecified atom stereocenters. The van der Waals surface area contributed by atoms with E-state index < -0.39 is 23.2 Å². The first kappa shape index (κ1) is 21.0. The zero-order valence-electron chi connectivity index (χ0n) is 16.8. The Morgan fingerprint density at radius 3 is 2.68 bits per heavy atom. The predicted octanol–water partition coefficient (Wildman–Crippen LogP) is 2.47. The number of pyridine rings is 2. The smallest absolute Gasteiger partial charge is 0.417 e. The molecule has 1 saturated carbocycles. The van der Waals surface area contributed by atoms with E-state index in [0.29, 0.717) is 30.1 Å². The minimum Gasteiger partial charge on any atom is -0.481 e. The van der Waals surface area contributed by atoms with E-state index in [1.807, 2.05) is 0 Å². The average molecular weight is 435 g/mol. The Morgan fingerprint density at radius 2 is 2.03 bits per heavy atom. The van der Waals surface area contributed by atoms with Gasteiger partial charge in [-0.15, -0.1) is 0 Å². The van der Waals surface area contributed by atoms with Crippen LogP contribution in [0.1, 0.15) is 40.0 Å². The number of carbonyl (C=O) groups is 1. The Bertz CT molecular complexity index is 1150. The molecule has 1 aliphatic carbocycles. The molecule has 164 valence electrons. The van der Waals surface area contributed by atoms with E-state index in [0.717, 1.165) is 11.6 Å². The second-order valence-electron chi connectivity index (χ2n) is 7.68. The Hall–Kier alpha value is -3.21. The zero-order valence-corrected chi connectivity index (χ0v) is 16.8. The molecular formula is C20H20F3N5O3. The van der Waals surface area contributed by atoms with Crippen molar-refractivity contribution in [1.82, 2.24) is 25.1 Å². The molecule has 1 aliphatic rings. The highest BCUT2D eigenvalue weighted by Crippen LogP contribution is 2.34. The van der Waals surface area contributed by atoms with Gasteiger partial charge < -0.3 is 15.2 Å². The molecule has 4 rings (SSSR count). The lowest BCUT2D eigenvalue weighted by Gasteiger charge is -2.12. The zero-order chi connectivity index (χ0) is 22.4. The number of fused-ring (bicyclic) bond motifs is 1. The van der Waals surface area contributed by atoms with Crippen LogP contribution in [0, 0.1) is 6.92 Å². The highest BCUT2D eigenvalue weighted by atomic mass is 19.4. The number of aliphatic hydroxyl groups is 1. The summed E-state index contributed by atoms with van der Waals surface area (Å²) in [5, 5.41) is 16.9. The fourth-order valence-electron chi connectivity index (χ4n) is 3.19. The van der Waals surface area contributed by atoms with Crippen LogP contribution in [0.25, 0.3) is 11.0 Å². The molecule has 0 radical (unpaired) electrons. The van der Waals surface area contributed by atoms with Crippen LogP contribution in [0.2, 0.25) is 0 Å². The molecular weight excluding hydrogens is 415 g/mol. The highest BCUT2D eigenvalue weighted by molar-refractivity contribution is 6.03. The van der Waals surface area contributed by atoms with Gasteiger partial charge in [0.05, 0.1) is 30.3 Å². The molecule has 3 aromatic rings. The van der Waals surface area contributed by atoms with Crippen molar-refractivity contribution in [2.24, 2.45) is 0 Å². The number of methoxy groups -OCH3 is 1. The number of ether oxygens (including phenoxy) is 1. The quantitative estimate of drug-likeness (QED) is 0.617. The second kappa shape index (κ2) is 7.49. The van der Waals surface area contributed by atoms with Gasteiger partial charge in [-0.1, -0.05) is 0 Å². The fourth-order valence-corrected chi connectivity index (χ4v) is 3.19. The highest BCUT2D eigenvalue weighted by Gasteiger charge is 2.40. The largest absolute Gasteiger partial charge is 0.481 e. The summed E-state index contributed by atoms with van der Waals surface area (Å²) in [4.78, 5) is 20.7. The van der Waals surface area contributed by atoms with Crippen LogP contribution in [0.4, 0.5) is 13.2 Å². The SMILES string of the molecule is COc1ncc(C(F)(F)F)cc1Cn1nc(C(=O)NCC2(O)CC2)c2ncc(C)cc21. The first-order valence-corrected chi connectivity index (χ1v) is 9.53. The van der Waals surface area contributed by atoms with Crippen molar-refractivity contribution in [3.05, 3.63) is 46.9 Å². The van der Waals surface area contributed by atoms with E-state index >= 15 is 0 Å². The summed E-state index contributed by atoms with van der Waals surface area (Å²) in [6, 6.07) is 2.69. The number of nitrogens with one attached hydrogen (secondary N) is 1. The number of hydrogen-bond acceptors (Lipinski definition) is 6. The predicted molar refractivity (Wildman–Crippen MR) is 104 cm³/mol. The minimum absolute atomic E-state index is 0.0261. The number of aryl methyl sites for hydroxylation is 1. The maximum atomic E-state index is 13.2. The van der Waals surface area contributed by atoms with Gasteiger partial charge in [0, 0.05) is 24.5 Å². The summed E-state index contributed by atoms with van der Waals surface area (Å²) in [6.07, 6.45) is -1.06. The molecule has 11 heteroatoms. The van der Waals surface area contributed by atoms with Crippen molar-refractivity contribution in [3.8, 4) is 5.88 Å². The molecule has 0 aliphatic heterocycles. The number of carbonyl (C=O) groups excluding carboxylic acids is 1. The van der Waals surface area contributed by atoms with E-state index in [9.17, 15) is 23.1 Å². The number of rotatable bonds is 6. The summed E-state index contributed by atoms with van der Waals surface area (Å²) in [5.74, 6) is -0.492. The van der Waals surface area contributed by atoms with Gasteiger partial charge in [0.2, 0.25) is 5.88 Å². The lowest BCUT2D eigenvalue weighted by molar-refractivity contribution is -0.137. The van der Waals surface area contributed by atoms with Crippen LogP contribution in [-0.2, 0) is 12.7 Å². The van der Waals surface area contributed by atoms with Crippen molar-refractivity contribution in [1.29, 1.82) is 0 Å². The maximum Gasteiger partial charge on any atom is 0.417 e. The van der Waals surface area contributed by atoms with Gasteiger partial charge in [-0.05, 0) is 37.5 Å². The lowest BCUT2D eigenvalue weighted by atomic mass is 10.2. The number of alkyl halides is 3. The van der Waals surface area contributed by atoms with Gasteiger partial charge in [0.15, 0.2) is 5.69 Å². The third kappa shape index (κ3) is 4.31. The molecule has 1 amide bonds. The molecule has 31 heavy (non-hydrogen) atoms. The molecule has 0 saturated heterocycles. The topological polar surface area (TPSA) is 102 Å². The first-order chi connectivity index (χ1) is 14.6. The normalized spacial score (nSPS) is 15.2. The molecule has 3 aromatic heterocycles. The average Bonchev–Trinajstić information content (AvgIpc) is 3.36. The van der Waals surface area contributed by atoms with E-state index in [-0.39, 0.29) is 30.2 Å². The van der Waals surface area contributed by atoms with Crippen LogP contribution in [0.3, 0.4) is 0 Å². The lowest BCUT2D eigenvalue weighted by Crippen LogP contribution is -2.33. The van der Waals surface area contributed by atoms with Crippen LogP contribution in [0.5, 0.6) is 5.88 Å². The first-order valence-electron chi connectivity index (χ1n) is 9.53. The van der Waals surface area contributed by atoms with Gasteiger partial charge >= 0.3 is 6.18 Å². The van der Waals surface area contributed by atoms with Crippen molar-refractivity contribution in [2.75, 3.05) is 13.7 Å². The third-order valence-electron chi connectivity index (χ3n) is 5.11. The van der Waals surface area contributed by atoms with E-state index in [2.05, 4.69) is 20.4 Å². The summed E-state index contributed by atoms with van der Waals surface area (Å²) in [6.45, 7) is 1.79.